The van der Waals surface area contributed by atoms with Crippen LogP contribution in [0, 0.1) is 5.82 Å². The predicted octanol–water partition coefficient (Wildman–Crippen LogP) is 3.96. The van der Waals surface area contributed by atoms with Crippen molar-refractivity contribution in [3.8, 4) is 0 Å². The first-order valence-electron chi connectivity index (χ1n) is 6.83. The summed E-state index contributed by atoms with van der Waals surface area (Å²) in [6.45, 7) is 0. The number of halogens is 2. The third-order valence-electron chi connectivity index (χ3n) is 3.56. The summed E-state index contributed by atoms with van der Waals surface area (Å²) in [5.41, 5.74) is 1.74. The molecule has 0 aliphatic rings. The van der Waals surface area contributed by atoms with Gasteiger partial charge in [-0.2, -0.15) is 0 Å². The lowest BCUT2D eigenvalue weighted by molar-refractivity contribution is -0.138. The summed E-state index contributed by atoms with van der Waals surface area (Å²) in [5.74, 6) is -2.34. The van der Waals surface area contributed by atoms with Crippen LogP contribution < -0.4 is 4.90 Å². The van der Waals surface area contributed by atoms with Gasteiger partial charge in [-0.25, -0.2) is 4.39 Å². The number of carboxylic acid groups (broad SMARTS) is 1. The Bertz CT molecular complexity index is 668. The highest BCUT2D eigenvalue weighted by Crippen LogP contribution is 2.29. The zero-order chi connectivity index (χ0) is 16.3. The van der Waals surface area contributed by atoms with Crippen LogP contribution in [0.4, 0.5) is 10.1 Å². The molecule has 0 aliphatic heterocycles. The Kier molecular flexibility index (Phi) is 5.03. The number of aliphatic carboxylic acids is 1. The molecule has 1 N–H and O–H groups in total. The van der Waals surface area contributed by atoms with Gasteiger partial charge in [-0.1, -0.05) is 29.8 Å². The van der Waals surface area contributed by atoms with Crippen molar-refractivity contribution in [2.45, 2.75) is 12.3 Å². The van der Waals surface area contributed by atoms with Crippen molar-refractivity contribution in [3.05, 3.63) is 64.4 Å². The van der Waals surface area contributed by atoms with E-state index in [4.69, 9.17) is 11.6 Å². The molecule has 2 rings (SSSR count). The fraction of sp³-hybridized carbons (Fsp3) is 0.235. The van der Waals surface area contributed by atoms with Gasteiger partial charge in [-0.3, -0.25) is 4.79 Å². The zero-order valence-corrected chi connectivity index (χ0v) is 13.1. The van der Waals surface area contributed by atoms with Gasteiger partial charge in [0.15, 0.2) is 0 Å². The lowest BCUT2D eigenvalue weighted by Gasteiger charge is -2.18. The van der Waals surface area contributed by atoms with Gasteiger partial charge >= 0.3 is 5.97 Å². The number of carboxylic acids is 1. The largest absolute Gasteiger partial charge is 0.481 e. The van der Waals surface area contributed by atoms with Gasteiger partial charge in [0.1, 0.15) is 5.82 Å². The number of hydrogen-bond acceptors (Lipinski definition) is 2. The van der Waals surface area contributed by atoms with E-state index in [1.165, 1.54) is 12.1 Å². The Morgan fingerprint density at radius 2 is 1.95 bits per heavy atom. The van der Waals surface area contributed by atoms with Crippen molar-refractivity contribution in [1.29, 1.82) is 0 Å². The summed E-state index contributed by atoms with van der Waals surface area (Å²) in [4.78, 5) is 13.5. The molecule has 0 aromatic heterocycles. The number of rotatable bonds is 5. The van der Waals surface area contributed by atoms with Gasteiger partial charge in [-0.15, -0.1) is 0 Å². The van der Waals surface area contributed by atoms with E-state index in [1.54, 1.807) is 24.3 Å². The minimum Gasteiger partial charge on any atom is -0.481 e. The van der Waals surface area contributed by atoms with Crippen molar-refractivity contribution in [2.75, 3.05) is 19.0 Å². The molecule has 116 valence electrons. The predicted molar refractivity (Wildman–Crippen MR) is 86.3 cm³/mol. The Morgan fingerprint density at radius 3 is 2.55 bits per heavy atom. The first-order chi connectivity index (χ1) is 10.4. The van der Waals surface area contributed by atoms with Gasteiger partial charge in [-0.05, 0) is 36.2 Å². The molecule has 0 bridgehead atoms. The second-order valence-corrected chi connectivity index (χ2v) is 5.69. The van der Waals surface area contributed by atoms with Crippen molar-refractivity contribution >= 4 is 23.3 Å². The fourth-order valence-electron chi connectivity index (χ4n) is 2.30. The van der Waals surface area contributed by atoms with Crippen LogP contribution in [0.2, 0.25) is 5.02 Å². The molecule has 0 fully saturated rings. The summed E-state index contributed by atoms with van der Waals surface area (Å²) in [6, 6.07) is 11.6. The SMILES string of the molecule is CN(C)c1cccc(C(Cc2c(F)cccc2Cl)C(=O)O)c1. The molecular formula is C17H17ClFNO2. The number of benzene rings is 2. The smallest absolute Gasteiger partial charge is 0.311 e. The first-order valence-corrected chi connectivity index (χ1v) is 7.21. The summed E-state index contributed by atoms with van der Waals surface area (Å²) in [6.07, 6.45) is 0.0116. The average molecular weight is 322 g/mol. The van der Waals surface area contributed by atoms with Gasteiger partial charge in [0.2, 0.25) is 0 Å². The van der Waals surface area contributed by atoms with Crippen LogP contribution in [0.15, 0.2) is 42.5 Å². The first kappa shape index (κ1) is 16.3. The molecule has 0 saturated carbocycles. The Labute approximate surface area is 133 Å². The van der Waals surface area contributed by atoms with E-state index in [-0.39, 0.29) is 17.0 Å². The highest BCUT2D eigenvalue weighted by molar-refractivity contribution is 6.31. The van der Waals surface area contributed by atoms with E-state index in [0.717, 1.165) is 5.69 Å². The van der Waals surface area contributed by atoms with Crippen LogP contribution in [0.1, 0.15) is 17.0 Å². The molecular weight excluding hydrogens is 305 g/mol. The lowest BCUT2D eigenvalue weighted by atomic mass is 9.91. The Hall–Kier alpha value is -2.07. The van der Waals surface area contributed by atoms with Crippen molar-refractivity contribution in [3.63, 3.8) is 0 Å². The highest BCUT2D eigenvalue weighted by Gasteiger charge is 2.23. The maximum Gasteiger partial charge on any atom is 0.311 e. The molecule has 0 radical (unpaired) electrons. The van der Waals surface area contributed by atoms with Crippen LogP contribution in [0.3, 0.4) is 0 Å². The number of anilines is 1. The molecule has 3 nitrogen and oxygen atoms in total. The second-order valence-electron chi connectivity index (χ2n) is 5.28. The van der Waals surface area contributed by atoms with Crippen molar-refractivity contribution in [1.82, 2.24) is 0 Å². The van der Waals surface area contributed by atoms with Crippen molar-refractivity contribution in [2.24, 2.45) is 0 Å². The van der Waals surface area contributed by atoms with Gasteiger partial charge in [0.05, 0.1) is 5.92 Å². The standard InChI is InChI=1S/C17H17ClFNO2/c1-20(2)12-6-3-5-11(9-12)13(17(21)22)10-14-15(18)7-4-8-16(14)19/h3-9,13H,10H2,1-2H3,(H,21,22). The van der Waals surface area contributed by atoms with E-state index in [1.807, 2.05) is 25.1 Å². The van der Waals surface area contributed by atoms with E-state index >= 15 is 0 Å². The monoisotopic (exact) mass is 321 g/mol. The molecule has 0 aliphatic carbocycles. The average Bonchev–Trinajstić information content (AvgIpc) is 2.46. The normalized spacial score (nSPS) is 12.0. The molecule has 5 heteroatoms. The molecule has 0 heterocycles. The molecule has 2 aromatic carbocycles. The topological polar surface area (TPSA) is 40.5 Å². The summed E-state index contributed by atoms with van der Waals surface area (Å²) >= 11 is 6.01. The minimum absolute atomic E-state index is 0.0116. The molecule has 0 spiro atoms. The van der Waals surface area contributed by atoms with Crippen molar-refractivity contribution < 1.29 is 14.3 Å². The quantitative estimate of drug-likeness (QED) is 0.906. The Balaban J connectivity index is 2.39. The third-order valence-corrected chi connectivity index (χ3v) is 3.91. The Morgan fingerprint density at radius 1 is 1.27 bits per heavy atom. The fourth-order valence-corrected chi connectivity index (χ4v) is 2.54. The minimum atomic E-state index is -1.00. The highest BCUT2D eigenvalue weighted by atomic mass is 35.5. The van der Waals surface area contributed by atoms with E-state index in [0.29, 0.717) is 5.56 Å². The van der Waals surface area contributed by atoms with Crippen LogP contribution in [0.5, 0.6) is 0 Å². The van der Waals surface area contributed by atoms with E-state index in [9.17, 15) is 14.3 Å². The van der Waals surface area contributed by atoms with Crippen LogP contribution in [-0.2, 0) is 11.2 Å². The molecule has 22 heavy (non-hydrogen) atoms. The van der Waals surface area contributed by atoms with Gasteiger partial charge in [0.25, 0.3) is 0 Å². The zero-order valence-electron chi connectivity index (χ0n) is 12.4. The molecule has 0 amide bonds. The van der Waals surface area contributed by atoms with Gasteiger partial charge < -0.3 is 10.0 Å². The summed E-state index contributed by atoms with van der Waals surface area (Å²) in [5, 5.41) is 9.77. The number of carbonyl (C=O) groups is 1. The third kappa shape index (κ3) is 3.57. The van der Waals surface area contributed by atoms with E-state index < -0.39 is 17.7 Å². The second kappa shape index (κ2) is 6.79. The van der Waals surface area contributed by atoms with Crippen LogP contribution >= 0.6 is 11.6 Å². The summed E-state index contributed by atoms with van der Waals surface area (Å²) in [7, 11) is 3.76. The summed E-state index contributed by atoms with van der Waals surface area (Å²) < 4.78 is 13.9. The maximum atomic E-state index is 13.9. The molecule has 1 unspecified atom stereocenters. The lowest BCUT2D eigenvalue weighted by Crippen LogP contribution is -2.16. The maximum absolute atomic E-state index is 13.9. The molecule has 0 saturated heterocycles. The van der Waals surface area contributed by atoms with Crippen LogP contribution in [-0.4, -0.2) is 25.2 Å². The van der Waals surface area contributed by atoms with Crippen LogP contribution in [0.25, 0.3) is 0 Å². The number of hydrogen-bond donors (Lipinski definition) is 1. The molecule has 2 aromatic rings. The van der Waals surface area contributed by atoms with E-state index in [2.05, 4.69) is 0 Å². The van der Waals surface area contributed by atoms with Gasteiger partial charge in [0, 0.05) is 30.4 Å². The molecule has 1 atom stereocenters. The number of nitrogens with zero attached hydrogens (tertiary/aromatic N) is 1.